The fraction of sp³-hybridized carbons (Fsp3) is 0.556. The third-order valence-electron chi connectivity index (χ3n) is 1.32. The maximum Gasteiger partial charge on any atom is 0.131 e. The lowest BCUT2D eigenvalue weighted by Crippen LogP contribution is -2.10. The molecule has 0 rings (SSSR count). The van der Waals surface area contributed by atoms with Gasteiger partial charge in [-0.1, -0.05) is 55.6 Å². The summed E-state index contributed by atoms with van der Waals surface area (Å²) in [7, 11) is 0. The highest BCUT2D eigenvalue weighted by Gasteiger charge is 2.06. The highest BCUT2D eigenvalue weighted by Crippen LogP contribution is 2.19. The Morgan fingerprint density at radius 2 is 2.00 bits per heavy atom. The molecule has 1 unspecified atom stereocenters. The molecule has 0 aliphatic rings. The summed E-state index contributed by atoms with van der Waals surface area (Å²) in [6.07, 6.45) is 5.25. The summed E-state index contributed by atoms with van der Waals surface area (Å²) < 4.78 is 0.741. The first-order valence-electron chi connectivity index (χ1n) is 4.49. The molecule has 0 bridgehead atoms. The third-order valence-corrected chi connectivity index (χ3v) is 2.61. The summed E-state index contributed by atoms with van der Waals surface area (Å²) in [4.78, 5) is 0. The summed E-state index contributed by atoms with van der Waals surface area (Å²) in [5.74, 6) is 0. The first-order chi connectivity index (χ1) is 6.93. The standard InChI is InChI=1S/C8H15NS2.CH3NS2/c1-3-5-7(6-4-2)11-8(9)10;2-1(3)4/h3,7H,1,4-6H2,2H3,(H2,9,10);(H3,2,3,4). The van der Waals surface area contributed by atoms with Crippen LogP contribution < -0.4 is 11.5 Å². The van der Waals surface area contributed by atoms with E-state index >= 15 is 0 Å². The van der Waals surface area contributed by atoms with E-state index < -0.39 is 0 Å². The highest BCUT2D eigenvalue weighted by molar-refractivity contribution is 8.23. The smallest absolute Gasteiger partial charge is 0.131 e. The van der Waals surface area contributed by atoms with Crippen LogP contribution in [0.25, 0.3) is 0 Å². The van der Waals surface area contributed by atoms with Crippen LogP contribution in [-0.2, 0) is 0 Å². The molecule has 0 radical (unpaired) electrons. The Morgan fingerprint density at radius 3 is 2.27 bits per heavy atom. The second-order valence-electron chi connectivity index (χ2n) is 2.71. The lowest BCUT2D eigenvalue weighted by molar-refractivity contribution is 0.749. The Kier molecular flexibility index (Phi) is 14.4. The van der Waals surface area contributed by atoms with Crippen LogP contribution in [-0.4, -0.2) is 13.9 Å². The molecular formula is C9H18N2S4. The SMILES string of the molecule is C=CCC(CCC)SC(N)=S.NC(=S)S. The maximum atomic E-state index is 5.41. The van der Waals surface area contributed by atoms with Crippen LogP contribution >= 0.6 is 48.8 Å². The van der Waals surface area contributed by atoms with Crippen molar-refractivity contribution < 1.29 is 0 Å². The van der Waals surface area contributed by atoms with Crippen LogP contribution in [0.3, 0.4) is 0 Å². The van der Waals surface area contributed by atoms with Gasteiger partial charge in [-0.05, 0) is 12.8 Å². The molecule has 0 aromatic heterocycles. The van der Waals surface area contributed by atoms with E-state index in [0.717, 1.165) is 12.8 Å². The van der Waals surface area contributed by atoms with Gasteiger partial charge >= 0.3 is 0 Å². The lowest BCUT2D eigenvalue weighted by atomic mass is 10.2. The molecule has 0 amide bonds. The van der Waals surface area contributed by atoms with Gasteiger partial charge in [-0.25, -0.2) is 0 Å². The zero-order valence-corrected chi connectivity index (χ0v) is 12.2. The zero-order chi connectivity index (χ0) is 12.3. The molecule has 4 N–H and O–H groups in total. The first kappa shape index (κ1) is 17.6. The van der Waals surface area contributed by atoms with Crippen molar-refractivity contribution >= 4 is 57.5 Å². The predicted molar refractivity (Wildman–Crippen MR) is 83.7 cm³/mol. The summed E-state index contributed by atoms with van der Waals surface area (Å²) in [6, 6.07) is 0. The first-order valence-corrected chi connectivity index (χ1v) is 6.63. The van der Waals surface area contributed by atoms with E-state index in [-0.39, 0.29) is 4.32 Å². The molecule has 0 aliphatic carbocycles. The van der Waals surface area contributed by atoms with E-state index in [4.69, 9.17) is 23.7 Å². The van der Waals surface area contributed by atoms with Gasteiger partial charge in [0.05, 0.1) is 0 Å². The Morgan fingerprint density at radius 1 is 1.53 bits per heavy atom. The fourth-order valence-corrected chi connectivity index (χ4v) is 2.22. The molecule has 15 heavy (non-hydrogen) atoms. The zero-order valence-electron chi connectivity index (χ0n) is 8.81. The minimum atomic E-state index is 0.194. The Balaban J connectivity index is 0. The number of thioether (sulfide) groups is 1. The molecular weight excluding hydrogens is 264 g/mol. The minimum Gasteiger partial charge on any atom is -0.385 e. The Hall–Kier alpha value is 0.220. The molecule has 88 valence electrons. The number of rotatable bonds is 5. The van der Waals surface area contributed by atoms with Crippen molar-refractivity contribution in [2.75, 3.05) is 0 Å². The van der Waals surface area contributed by atoms with E-state index in [1.54, 1.807) is 11.8 Å². The molecule has 6 heteroatoms. The van der Waals surface area contributed by atoms with Crippen molar-refractivity contribution in [3.05, 3.63) is 12.7 Å². The van der Waals surface area contributed by atoms with Crippen molar-refractivity contribution in [3.8, 4) is 0 Å². The van der Waals surface area contributed by atoms with Crippen molar-refractivity contribution in [2.24, 2.45) is 11.5 Å². The van der Waals surface area contributed by atoms with E-state index in [2.05, 4.69) is 38.3 Å². The van der Waals surface area contributed by atoms with Gasteiger partial charge in [0, 0.05) is 5.25 Å². The van der Waals surface area contributed by atoms with Crippen molar-refractivity contribution in [2.45, 2.75) is 31.4 Å². The lowest BCUT2D eigenvalue weighted by Gasteiger charge is -2.11. The van der Waals surface area contributed by atoms with Crippen LogP contribution in [0.15, 0.2) is 12.7 Å². The molecule has 0 spiro atoms. The third kappa shape index (κ3) is 20.3. The average Bonchev–Trinajstić information content (AvgIpc) is 2.02. The number of nitrogens with two attached hydrogens (primary N) is 2. The molecule has 0 fully saturated rings. The van der Waals surface area contributed by atoms with Gasteiger partial charge < -0.3 is 11.5 Å². The fourth-order valence-electron chi connectivity index (χ4n) is 0.897. The van der Waals surface area contributed by atoms with Gasteiger partial charge in [0.1, 0.15) is 8.64 Å². The molecule has 0 heterocycles. The predicted octanol–water partition coefficient (Wildman–Crippen LogP) is 2.87. The second kappa shape index (κ2) is 12.3. The van der Waals surface area contributed by atoms with Gasteiger partial charge in [0.2, 0.25) is 0 Å². The molecule has 0 saturated carbocycles. The molecule has 1 atom stereocenters. The summed E-state index contributed by atoms with van der Waals surface area (Å²) in [5, 5.41) is 0.537. The van der Waals surface area contributed by atoms with E-state index in [0.29, 0.717) is 9.57 Å². The largest absolute Gasteiger partial charge is 0.385 e. The molecule has 0 aliphatic heterocycles. The van der Waals surface area contributed by atoms with Crippen LogP contribution in [0.1, 0.15) is 26.2 Å². The number of thiocarbonyl (C=S) groups is 2. The van der Waals surface area contributed by atoms with Crippen molar-refractivity contribution in [1.29, 1.82) is 0 Å². The topological polar surface area (TPSA) is 52.0 Å². The van der Waals surface area contributed by atoms with Crippen LogP contribution in [0.4, 0.5) is 0 Å². The van der Waals surface area contributed by atoms with Gasteiger partial charge in [0.15, 0.2) is 0 Å². The number of allylic oxidation sites excluding steroid dienone is 1. The number of hydrogen-bond donors (Lipinski definition) is 3. The van der Waals surface area contributed by atoms with Gasteiger partial charge in [-0.2, -0.15) is 0 Å². The van der Waals surface area contributed by atoms with E-state index in [9.17, 15) is 0 Å². The van der Waals surface area contributed by atoms with Crippen LogP contribution in [0.5, 0.6) is 0 Å². The normalized spacial score (nSPS) is 10.8. The van der Waals surface area contributed by atoms with E-state index in [1.807, 2.05) is 6.08 Å². The number of hydrogen-bond acceptors (Lipinski definition) is 3. The van der Waals surface area contributed by atoms with E-state index in [1.165, 1.54) is 6.42 Å². The second-order valence-corrected chi connectivity index (χ2v) is 5.97. The molecule has 0 aromatic carbocycles. The molecule has 0 saturated heterocycles. The van der Waals surface area contributed by atoms with Gasteiger partial charge in [0.25, 0.3) is 0 Å². The van der Waals surface area contributed by atoms with Crippen molar-refractivity contribution in [3.63, 3.8) is 0 Å². The Bertz CT molecular complexity index is 202. The van der Waals surface area contributed by atoms with Crippen LogP contribution in [0.2, 0.25) is 0 Å². The average molecular weight is 283 g/mol. The Labute approximate surface area is 113 Å². The maximum absolute atomic E-state index is 5.41. The number of thiol groups is 1. The van der Waals surface area contributed by atoms with Gasteiger partial charge in [-0.3, -0.25) is 0 Å². The van der Waals surface area contributed by atoms with Gasteiger partial charge in [-0.15, -0.1) is 19.2 Å². The highest BCUT2D eigenvalue weighted by atomic mass is 32.2. The summed E-state index contributed by atoms with van der Waals surface area (Å²) >= 11 is 14.0. The quantitative estimate of drug-likeness (QED) is 0.411. The monoisotopic (exact) mass is 282 g/mol. The molecule has 2 nitrogen and oxygen atoms in total. The summed E-state index contributed by atoms with van der Waals surface area (Å²) in [5.41, 5.74) is 10.1. The molecule has 0 aromatic rings. The van der Waals surface area contributed by atoms with Crippen molar-refractivity contribution in [1.82, 2.24) is 0 Å². The minimum absolute atomic E-state index is 0.194. The van der Waals surface area contributed by atoms with Crippen LogP contribution in [0, 0.1) is 0 Å². The summed E-state index contributed by atoms with van der Waals surface area (Å²) in [6.45, 7) is 5.86.